The smallest absolute Gasteiger partial charge is 0.280 e. The molecule has 2 aromatic rings. The first-order valence-corrected chi connectivity index (χ1v) is 13.8. The highest BCUT2D eigenvalue weighted by molar-refractivity contribution is 7.13. The topological polar surface area (TPSA) is 138 Å². The molecular formula is C26H33ClN6O4S. The summed E-state index contributed by atoms with van der Waals surface area (Å²) in [6.07, 6.45) is 2.11. The molecular weight excluding hydrogens is 528 g/mol. The van der Waals surface area contributed by atoms with Gasteiger partial charge >= 0.3 is 0 Å². The fourth-order valence-corrected chi connectivity index (χ4v) is 6.43. The van der Waals surface area contributed by atoms with Crippen molar-refractivity contribution in [3.63, 3.8) is 0 Å². The zero-order valence-electron chi connectivity index (χ0n) is 21.7. The monoisotopic (exact) mass is 560 g/mol. The van der Waals surface area contributed by atoms with Crippen molar-refractivity contribution in [2.24, 2.45) is 11.7 Å². The molecule has 1 unspecified atom stereocenters. The van der Waals surface area contributed by atoms with Gasteiger partial charge in [-0.3, -0.25) is 19.2 Å². The van der Waals surface area contributed by atoms with Crippen LogP contribution >= 0.6 is 22.9 Å². The number of nitrogens with one attached hydrogen (secondary N) is 2. The maximum absolute atomic E-state index is 13.3. The van der Waals surface area contributed by atoms with Gasteiger partial charge in [0.25, 0.3) is 5.91 Å². The molecule has 0 saturated heterocycles. The number of hydrogen-bond acceptors (Lipinski definition) is 7. The van der Waals surface area contributed by atoms with Crippen molar-refractivity contribution in [3.05, 3.63) is 50.4 Å². The minimum atomic E-state index is -1.24. The number of carbonyl (C=O) groups is 4. The lowest BCUT2D eigenvalue weighted by molar-refractivity contribution is -0.134. The van der Waals surface area contributed by atoms with E-state index in [0.29, 0.717) is 34.9 Å². The number of amides is 4. The summed E-state index contributed by atoms with van der Waals surface area (Å²) >= 11 is 7.44. The Balaban J connectivity index is 1.54. The van der Waals surface area contributed by atoms with Crippen molar-refractivity contribution in [2.45, 2.75) is 50.2 Å². The lowest BCUT2D eigenvalue weighted by atomic mass is 9.81. The molecule has 0 bridgehead atoms. The van der Waals surface area contributed by atoms with Crippen molar-refractivity contribution in [1.82, 2.24) is 25.4 Å². The Bertz CT molecular complexity index is 1230. The number of nitrogens with zero attached hydrogens (tertiary/aromatic N) is 3. The van der Waals surface area contributed by atoms with Crippen LogP contribution in [0.3, 0.4) is 0 Å². The van der Waals surface area contributed by atoms with Crippen LogP contribution in [-0.4, -0.2) is 78.2 Å². The first kappa shape index (κ1) is 28.0. The Morgan fingerprint density at radius 1 is 1.18 bits per heavy atom. The lowest BCUT2D eigenvalue weighted by Crippen LogP contribution is -2.57. The van der Waals surface area contributed by atoms with Gasteiger partial charge in [-0.15, -0.1) is 11.3 Å². The van der Waals surface area contributed by atoms with Crippen LogP contribution in [0.4, 0.5) is 0 Å². The van der Waals surface area contributed by atoms with Crippen molar-refractivity contribution in [3.8, 4) is 0 Å². The van der Waals surface area contributed by atoms with E-state index >= 15 is 0 Å². The third kappa shape index (κ3) is 6.33. The summed E-state index contributed by atoms with van der Waals surface area (Å²) in [7, 11) is 5.43. The van der Waals surface area contributed by atoms with Crippen LogP contribution in [0.2, 0.25) is 5.02 Å². The fraction of sp³-hybridized carbons (Fsp3) is 0.500. The van der Waals surface area contributed by atoms with Crippen molar-refractivity contribution >= 4 is 46.6 Å². The molecule has 1 aliphatic heterocycles. The van der Waals surface area contributed by atoms with Crippen molar-refractivity contribution in [1.29, 1.82) is 0 Å². The van der Waals surface area contributed by atoms with Gasteiger partial charge < -0.3 is 26.2 Å². The van der Waals surface area contributed by atoms with Crippen molar-refractivity contribution < 1.29 is 19.2 Å². The number of hydrogen-bond donors (Lipinski definition) is 3. The molecule has 4 N–H and O–H groups in total. The molecule has 1 aromatic carbocycles. The van der Waals surface area contributed by atoms with Gasteiger partial charge in [0.1, 0.15) is 5.92 Å². The first-order valence-electron chi connectivity index (χ1n) is 12.6. The second-order valence-electron chi connectivity index (χ2n) is 10.2. The standard InChI is InChI=1S/C26H33ClN6O4S/c1-32(2)26(37)15-7-8-17(29-23(35)21(22(28)34)14-5-4-6-16(27)11-14)19(12-15)30-24(36)25-31-18-9-10-33(3)13-20(18)38-25/h4-6,11,15,17,19,21H,7-10,12-13H2,1-3H3,(H2,28,34)(H,29,35)(H,30,36)/t15-,17-,19+,21?/m0/s1. The summed E-state index contributed by atoms with van der Waals surface area (Å²) in [5, 5.41) is 6.69. The zero-order valence-corrected chi connectivity index (χ0v) is 23.3. The molecule has 2 heterocycles. The van der Waals surface area contributed by atoms with E-state index in [-0.39, 0.29) is 17.7 Å². The number of thiazole rings is 1. The van der Waals surface area contributed by atoms with Gasteiger partial charge in [-0.2, -0.15) is 0 Å². The Morgan fingerprint density at radius 2 is 1.95 bits per heavy atom. The highest BCUT2D eigenvalue weighted by atomic mass is 35.5. The number of halogens is 1. The largest absolute Gasteiger partial charge is 0.369 e. The second-order valence-corrected chi connectivity index (χ2v) is 11.7. The van der Waals surface area contributed by atoms with Gasteiger partial charge in [0.05, 0.1) is 11.7 Å². The normalized spacial score (nSPS) is 22.2. The number of fused-ring (bicyclic) bond motifs is 1. The van der Waals surface area contributed by atoms with E-state index in [1.54, 1.807) is 32.3 Å². The van der Waals surface area contributed by atoms with Crippen LogP contribution in [-0.2, 0) is 27.3 Å². The molecule has 38 heavy (non-hydrogen) atoms. The summed E-state index contributed by atoms with van der Waals surface area (Å²) in [4.78, 5) is 60.9. The quantitative estimate of drug-likeness (QED) is 0.439. The summed E-state index contributed by atoms with van der Waals surface area (Å²) in [6.45, 7) is 1.64. The van der Waals surface area contributed by atoms with Gasteiger partial charge in [0.2, 0.25) is 17.7 Å². The summed E-state index contributed by atoms with van der Waals surface area (Å²) in [5.41, 5.74) is 6.93. The van der Waals surface area contributed by atoms with Crippen LogP contribution in [0.5, 0.6) is 0 Å². The minimum absolute atomic E-state index is 0.0317. The van der Waals surface area contributed by atoms with Crippen LogP contribution in [0.25, 0.3) is 0 Å². The molecule has 0 radical (unpaired) electrons. The number of primary amides is 1. The number of rotatable bonds is 7. The molecule has 1 aromatic heterocycles. The summed E-state index contributed by atoms with van der Waals surface area (Å²) in [6, 6.07) is 5.40. The molecule has 1 saturated carbocycles. The van der Waals surface area contributed by atoms with Gasteiger partial charge in [-0.1, -0.05) is 23.7 Å². The number of carbonyl (C=O) groups excluding carboxylic acids is 4. The van der Waals surface area contributed by atoms with E-state index in [1.165, 1.54) is 22.3 Å². The Labute approximate surface area is 230 Å². The Hall–Kier alpha value is -3.02. The number of likely N-dealkylation sites (N-methyl/N-ethyl adjacent to an activating group) is 1. The number of aromatic nitrogens is 1. The molecule has 0 spiro atoms. The van der Waals surface area contributed by atoms with Crippen LogP contribution in [0.1, 0.15) is 51.1 Å². The average Bonchev–Trinajstić information content (AvgIpc) is 3.28. The highest BCUT2D eigenvalue weighted by Crippen LogP contribution is 2.29. The van der Waals surface area contributed by atoms with Crippen LogP contribution in [0.15, 0.2) is 24.3 Å². The Morgan fingerprint density at radius 3 is 2.63 bits per heavy atom. The van der Waals surface area contributed by atoms with E-state index in [1.807, 2.05) is 7.05 Å². The first-order chi connectivity index (χ1) is 18.0. The predicted molar refractivity (Wildman–Crippen MR) is 145 cm³/mol. The van der Waals surface area contributed by atoms with Gasteiger partial charge in [-0.05, 0) is 44.0 Å². The third-order valence-electron chi connectivity index (χ3n) is 7.13. The average molecular weight is 561 g/mol. The Kier molecular flexibility index (Phi) is 8.69. The molecule has 204 valence electrons. The van der Waals surface area contributed by atoms with E-state index in [9.17, 15) is 19.2 Å². The van der Waals surface area contributed by atoms with Crippen LogP contribution < -0.4 is 16.4 Å². The number of benzene rings is 1. The SMILES string of the molecule is CN1CCc2nc(C(=O)N[C@@H]3C[C@@H](C(=O)N(C)C)CC[C@@H]3NC(=O)C(C(N)=O)c3cccc(Cl)c3)sc2C1. The zero-order chi connectivity index (χ0) is 27.6. The number of nitrogens with two attached hydrogens (primary N) is 1. The van der Waals surface area contributed by atoms with E-state index in [2.05, 4.69) is 20.5 Å². The van der Waals surface area contributed by atoms with E-state index < -0.39 is 29.8 Å². The van der Waals surface area contributed by atoms with E-state index in [4.69, 9.17) is 17.3 Å². The van der Waals surface area contributed by atoms with Crippen molar-refractivity contribution in [2.75, 3.05) is 27.7 Å². The van der Waals surface area contributed by atoms with Gasteiger partial charge in [0.15, 0.2) is 5.01 Å². The maximum Gasteiger partial charge on any atom is 0.280 e. The fourth-order valence-electron chi connectivity index (χ4n) is 5.14. The highest BCUT2D eigenvalue weighted by Gasteiger charge is 2.38. The lowest BCUT2D eigenvalue weighted by Gasteiger charge is -2.37. The summed E-state index contributed by atoms with van der Waals surface area (Å²) < 4.78 is 0. The predicted octanol–water partition coefficient (Wildman–Crippen LogP) is 1.53. The molecule has 12 heteroatoms. The van der Waals surface area contributed by atoms with Gasteiger partial charge in [-0.25, -0.2) is 4.98 Å². The van der Waals surface area contributed by atoms with Gasteiger partial charge in [0, 0.05) is 55.5 Å². The molecule has 1 aliphatic carbocycles. The minimum Gasteiger partial charge on any atom is -0.369 e. The summed E-state index contributed by atoms with van der Waals surface area (Å²) in [5.74, 6) is -3.30. The molecule has 1 fully saturated rings. The van der Waals surface area contributed by atoms with Crippen LogP contribution in [0, 0.1) is 5.92 Å². The molecule has 10 nitrogen and oxygen atoms in total. The molecule has 4 atom stereocenters. The molecule has 4 amide bonds. The molecule has 4 rings (SSSR count). The maximum atomic E-state index is 13.3. The third-order valence-corrected chi connectivity index (χ3v) is 8.45. The molecule has 2 aliphatic rings. The second kappa shape index (κ2) is 11.8. The van der Waals surface area contributed by atoms with E-state index in [0.717, 1.165) is 30.1 Å².